The SMILES string of the molecule is CCC(NC(=O)[C@H](N)CC)c1ncc[nH]1. The molecule has 0 saturated carbocycles. The van der Waals surface area contributed by atoms with E-state index in [1.54, 1.807) is 12.4 Å². The van der Waals surface area contributed by atoms with Crippen molar-refractivity contribution in [3.63, 3.8) is 0 Å². The van der Waals surface area contributed by atoms with Gasteiger partial charge in [0, 0.05) is 12.4 Å². The molecule has 2 atom stereocenters. The summed E-state index contributed by atoms with van der Waals surface area (Å²) in [5, 5.41) is 2.86. The topological polar surface area (TPSA) is 83.8 Å². The highest BCUT2D eigenvalue weighted by molar-refractivity contribution is 5.81. The predicted octanol–water partition coefficient (Wildman–Crippen LogP) is 0.714. The minimum Gasteiger partial charge on any atom is -0.347 e. The Balaban J connectivity index is 2.58. The van der Waals surface area contributed by atoms with Crippen LogP contribution in [-0.4, -0.2) is 21.9 Å². The standard InChI is InChI=1S/C10H18N4O/c1-3-7(11)10(15)14-8(4-2)9-12-5-6-13-9/h5-8H,3-4,11H2,1-2H3,(H,12,13)(H,14,15)/t7-,8?/m1/s1. The number of rotatable bonds is 5. The van der Waals surface area contributed by atoms with E-state index in [2.05, 4.69) is 15.3 Å². The van der Waals surface area contributed by atoms with Crippen LogP contribution in [0.4, 0.5) is 0 Å². The summed E-state index contributed by atoms with van der Waals surface area (Å²) in [6.45, 7) is 3.88. The molecule has 15 heavy (non-hydrogen) atoms. The summed E-state index contributed by atoms with van der Waals surface area (Å²) < 4.78 is 0. The molecule has 1 rings (SSSR count). The van der Waals surface area contributed by atoms with Crippen LogP contribution in [0.2, 0.25) is 0 Å². The maximum atomic E-state index is 11.6. The minimum atomic E-state index is -0.436. The molecule has 4 N–H and O–H groups in total. The Hall–Kier alpha value is -1.36. The van der Waals surface area contributed by atoms with E-state index in [4.69, 9.17) is 5.73 Å². The molecule has 0 radical (unpaired) electrons. The number of nitrogens with one attached hydrogen (secondary N) is 2. The van der Waals surface area contributed by atoms with Crippen LogP contribution in [0.5, 0.6) is 0 Å². The molecule has 1 unspecified atom stereocenters. The number of hydrogen-bond acceptors (Lipinski definition) is 3. The van der Waals surface area contributed by atoms with E-state index in [9.17, 15) is 4.79 Å². The molecule has 0 saturated heterocycles. The Morgan fingerprint density at radius 2 is 2.33 bits per heavy atom. The van der Waals surface area contributed by atoms with Gasteiger partial charge in [-0.15, -0.1) is 0 Å². The monoisotopic (exact) mass is 210 g/mol. The summed E-state index contributed by atoms with van der Waals surface area (Å²) in [5.41, 5.74) is 5.63. The third-order valence-corrected chi connectivity index (χ3v) is 2.35. The van der Waals surface area contributed by atoms with E-state index < -0.39 is 6.04 Å². The van der Waals surface area contributed by atoms with Crippen molar-refractivity contribution in [2.45, 2.75) is 38.8 Å². The van der Waals surface area contributed by atoms with E-state index in [0.717, 1.165) is 12.2 Å². The van der Waals surface area contributed by atoms with Gasteiger partial charge in [-0.2, -0.15) is 0 Å². The number of H-pyrrole nitrogens is 1. The lowest BCUT2D eigenvalue weighted by molar-refractivity contribution is -0.123. The lowest BCUT2D eigenvalue weighted by atomic mass is 10.1. The average Bonchev–Trinajstić information content (AvgIpc) is 2.77. The van der Waals surface area contributed by atoms with E-state index in [-0.39, 0.29) is 11.9 Å². The fourth-order valence-electron chi connectivity index (χ4n) is 1.30. The van der Waals surface area contributed by atoms with Crippen LogP contribution in [0.1, 0.15) is 38.6 Å². The second kappa shape index (κ2) is 5.50. The Morgan fingerprint density at radius 3 is 2.80 bits per heavy atom. The quantitative estimate of drug-likeness (QED) is 0.669. The number of carbonyl (C=O) groups excluding carboxylic acids is 1. The molecule has 1 aromatic heterocycles. The van der Waals surface area contributed by atoms with Gasteiger partial charge in [-0.1, -0.05) is 13.8 Å². The zero-order valence-corrected chi connectivity index (χ0v) is 9.16. The van der Waals surface area contributed by atoms with Gasteiger partial charge in [-0.05, 0) is 12.8 Å². The van der Waals surface area contributed by atoms with Crippen LogP contribution in [-0.2, 0) is 4.79 Å². The molecule has 0 aliphatic rings. The number of nitrogens with zero attached hydrogens (tertiary/aromatic N) is 1. The molecule has 1 aromatic rings. The highest BCUT2D eigenvalue weighted by Crippen LogP contribution is 2.11. The molecule has 0 spiro atoms. The van der Waals surface area contributed by atoms with Crippen molar-refractivity contribution in [1.82, 2.24) is 15.3 Å². The van der Waals surface area contributed by atoms with Gasteiger partial charge in [0.15, 0.2) is 0 Å². The molecular formula is C10H18N4O. The summed E-state index contributed by atoms with van der Waals surface area (Å²) in [5.74, 6) is 0.648. The first-order chi connectivity index (χ1) is 7.19. The van der Waals surface area contributed by atoms with Gasteiger partial charge in [-0.25, -0.2) is 4.98 Å². The van der Waals surface area contributed by atoms with Crippen molar-refractivity contribution in [3.8, 4) is 0 Å². The zero-order chi connectivity index (χ0) is 11.3. The molecule has 84 valence electrons. The molecule has 1 heterocycles. The van der Waals surface area contributed by atoms with Crippen LogP contribution >= 0.6 is 0 Å². The van der Waals surface area contributed by atoms with Crippen molar-refractivity contribution in [2.75, 3.05) is 0 Å². The van der Waals surface area contributed by atoms with Gasteiger partial charge in [-0.3, -0.25) is 4.79 Å². The third-order valence-electron chi connectivity index (χ3n) is 2.35. The van der Waals surface area contributed by atoms with Gasteiger partial charge >= 0.3 is 0 Å². The highest BCUT2D eigenvalue weighted by Gasteiger charge is 2.18. The maximum Gasteiger partial charge on any atom is 0.237 e. The molecule has 0 bridgehead atoms. The van der Waals surface area contributed by atoms with Gasteiger partial charge in [0.25, 0.3) is 0 Å². The van der Waals surface area contributed by atoms with Crippen LogP contribution in [0.15, 0.2) is 12.4 Å². The number of imidazole rings is 1. The van der Waals surface area contributed by atoms with E-state index in [0.29, 0.717) is 6.42 Å². The first kappa shape index (κ1) is 11.7. The molecule has 5 heteroatoms. The van der Waals surface area contributed by atoms with Gasteiger partial charge in [0.05, 0.1) is 12.1 Å². The van der Waals surface area contributed by atoms with Gasteiger partial charge in [0.1, 0.15) is 5.82 Å². The van der Waals surface area contributed by atoms with Gasteiger partial charge < -0.3 is 16.0 Å². The Morgan fingerprint density at radius 1 is 1.60 bits per heavy atom. The molecule has 0 aliphatic heterocycles. The second-order valence-electron chi connectivity index (χ2n) is 3.46. The Bertz CT molecular complexity index is 296. The zero-order valence-electron chi connectivity index (χ0n) is 9.16. The number of aromatic nitrogens is 2. The van der Waals surface area contributed by atoms with E-state index in [1.165, 1.54) is 0 Å². The molecule has 0 aromatic carbocycles. The van der Waals surface area contributed by atoms with Crippen molar-refractivity contribution >= 4 is 5.91 Å². The summed E-state index contributed by atoms with van der Waals surface area (Å²) in [6.07, 6.45) is 4.84. The molecular weight excluding hydrogens is 192 g/mol. The molecule has 0 aliphatic carbocycles. The number of aromatic amines is 1. The van der Waals surface area contributed by atoms with Crippen LogP contribution in [0, 0.1) is 0 Å². The van der Waals surface area contributed by atoms with Gasteiger partial charge in [0.2, 0.25) is 5.91 Å². The minimum absolute atomic E-state index is 0.0786. The van der Waals surface area contributed by atoms with Crippen molar-refractivity contribution in [1.29, 1.82) is 0 Å². The van der Waals surface area contributed by atoms with E-state index in [1.807, 2.05) is 13.8 Å². The first-order valence-electron chi connectivity index (χ1n) is 5.24. The number of hydrogen-bond donors (Lipinski definition) is 3. The molecule has 0 fully saturated rings. The summed E-state index contributed by atoms with van der Waals surface area (Å²) in [7, 11) is 0. The normalized spacial score (nSPS) is 14.6. The third kappa shape index (κ3) is 3.06. The number of amides is 1. The summed E-state index contributed by atoms with van der Waals surface area (Å²) in [6, 6.07) is -0.515. The Labute approximate surface area is 89.5 Å². The first-order valence-corrected chi connectivity index (χ1v) is 5.24. The molecule has 1 amide bonds. The van der Waals surface area contributed by atoms with Crippen LogP contribution < -0.4 is 11.1 Å². The van der Waals surface area contributed by atoms with Crippen molar-refractivity contribution < 1.29 is 4.79 Å². The van der Waals surface area contributed by atoms with E-state index >= 15 is 0 Å². The average molecular weight is 210 g/mol. The fourth-order valence-corrected chi connectivity index (χ4v) is 1.30. The Kier molecular flexibility index (Phi) is 4.30. The van der Waals surface area contributed by atoms with Crippen LogP contribution in [0.25, 0.3) is 0 Å². The lowest BCUT2D eigenvalue weighted by Gasteiger charge is -2.17. The molecule has 5 nitrogen and oxygen atoms in total. The lowest BCUT2D eigenvalue weighted by Crippen LogP contribution is -2.41. The smallest absolute Gasteiger partial charge is 0.237 e. The highest BCUT2D eigenvalue weighted by atomic mass is 16.2. The maximum absolute atomic E-state index is 11.6. The number of nitrogens with two attached hydrogens (primary N) is 1. The number of carbonyl (C=O) groups is 1. The fraction of sp³-hybridized carbons (Fsp3) is 0.600. The second-order valence-corrected chi connectivity index (χ2v) is 3.46. The summed E-state index contributed by atoms with van der Waals surface area (Å²) in [4.78, 5) is 18.7. The van der Waals surface area contributed by atoms with Crippen LogP contribution in [0.3, 0.4) is 0 Å². The van der Waals surface area contributed by atoms with Crippen molar-refractivity contribution in [3.05, 3.63) is 18.2 Å². The summed E-state index contributed by atoms with van der Waals surface area (Å²) >= 11 is 0. The largest absolute Gasteiger partial charge is 0.347 e. The van der Waals surface area contributed by atoms with Crippen molar-refractivity contribution in [2.24, 2.45) is 5.73 Å². The predicted molar refractivity (Wildman–Crippen MR) is 58.0 cm³/mol.